The third-order valence-corrected chi connectivity index (χ3v) is 18.7. The number of hydrogen-bond acceptors (Lipinski definition) is 19. The van der Waals surface area contributed by atoms with E-state index in [1.165, 1.54) is 81.9 Å². The summed E-state index contributed by atoms with van der Waals surface area (Å²) in [5.41, 5.74) is 2.53. The van der Waals surface area contributed by atoms with Crippen LogP contribution < -0.4 is 10.6 Å². The number of benzene rings is 2. The van der Waals surface area contributed by atoms with E-state index in [9.17, 15) is 35.2 Å². The zero-order valence-corrected chi connectivity index (χ0v) is 46.5. The molecule has 4 aromatic rings. The van der Waals surface area contributed by atoms with Gasteiger partial charge >= 0.3 is 11.9 Å². The lowest BCUT2D eigenvalue weighted by Gasteiger charge is -2.36. The van der Waals surface area contributed by atoms with E-state index < -0.39 is 55.7 Å². The standard InChI is InChI=1S/C25H30ClFN4O5S2.C24H28ClFN4O6S2.CH4/c1-3-11-36-12-14-38(33,34)31-9-6-16(7-10-31)21-20(25(32)35-2)22(18-5-4-17(27)15-19(18)26)30-23(29-21)24-28-8-13-37-24;1-35-24(32)19-20(15-4-7-30(8-5-15)38(33,34)13-11-36-10-9-31)28-22(23-27-6-12-37-23)29-21(19)17-3-2-16(26)14-18(17)25;/h4-5,8,13,15-16,22H,3,6-7,9-12,14H2,1-2H3,(H,29,30);2-3,6,12,14-15,21,31H,4-5,7-11,13H2,1H3,(H,28,29);1H4. The maximum absolute atomic E-state index is 13.8. The van der Waals surface area contributed by atoms with E-state index in [2.05, 4.69) is 20.6 Å². The number of ether oxygens (including phenoxy) is 4. The highest BCUT2D eigenvalue weighted by Gasteiger charge is 2.41. The largest absolute Gasteiger partial charge is 0.466 e. The Balaban J connectivity index is 0.000000246. The Kier molecular flexibility index (Phi) is 22.6. The zero-order valence-electron chi connectivity index (χ0n) is 41.8. The van der Waals surface area contributed by atoms with E-state index in [1.807, 2.05) is 12.3 Å². The topological polar surface area (TPSA) is 241 Å². The highest BCUT2D eigenvalue weighted by Crippen LogP contribution is 2.42. The average molecular weight is 1190 g/mol. The Bertz CT molecular complexity index is 2820. The van der Waals surface area contributed by atoms with Gasteiger partial charge in [-0.15, -0.1) is 22.7 Å². The molecule has 2 aromatic carbocycles. The number of aliphatic imine (C=N–C) groups is 2. The molecule has 19 nitrogen and oxygen atoms in total. The Labute approximate surface area is 465 Å². The number of carbonyl (C=O) groups excluding carboxylic acids is 2. The van der Waals surface area contributed by atoms with Gasteiger partial charge in [-0.05, 0) is 56.4 Å². The average Bonchev–Trinajstić information content (AvgIpc) is 4.18. The molecule has 4 aliphatic heterocycles. The van der Waals surface area contributed by atoms with Gasteiger partial charge in [-0.3, -0.25) is 9.98 Å². The molecule has 420 valence electrons. The summed E-state index contributed by atoms with van der Waals surface area (Å²) in [5, 5.41) is 20.4. The molecule has 2 atom stereocenters. The van der Waals surface area contributed by atoms with Crippen molar-refractivity contribution in [2.75, 3.05) is 84.9 Å². The fourth-order valence-corrected chi connectivity index (χ4v) is 13.5. The first-order valence-corrected chi connectivity index (χ1v) is 30.0. The lowest BCUT2D eigenvalue weighted by atomic mass is 9.86. The lowest BCUT2D eigenvalue weighted by molar-refractivity contribution is -0.137. The molecule has 2 fully saturated rings. The van der Waals surface area contributed by atoms with E-state index >= 15 is 0 Å². The van der Waals surface area contributed by atoms with E-state index in [-0.39, 0.29) is 91.5 Å². The van der Waals surface area contributed by atoms with Gasteiger partial charge in [0, 0.05) is 100 Å². The highest BCUT2D eigenvalue weighted by atomic mass is 35.5. The fourth-order valence-electron chi connectivity index (χ4n) is 9.08. The van der Waals surface area contributed by atoms with Crippen LogP contribution in [0, 0.1) is 23.5 Å². The molecule has 0 saturated carbocycles. The normalized spacial score (nSPS) is 19.0. The molecule has 0 spiro atoms. The molecule has 0 bridgehead atoms. The summed E-state index contributed by atoms with van der Waals surface area (Å²) in [4.78, 5) is 44.4. The molecule has 27 heteroatoms. The van der Waals surface area contributed by atoms with Crippen molar-refractivity contribution < 1.29 is 59.3 Å². The number of piperidine rings is 2. The van der Waals surface area contributed by atoms with Gasteiger partial charge in [0.25, 0.3) is 0 Å². The fraction of sp³-hybridized carbons (Fsp3) is 0.480. The number of thiazole rings is 2. The van der Waals surface area contributed by atoms with Crippen molar-refractivity contribution in [3.05, 3.63) is 125 Å². The second-order valence-corrected chi connectivity index (χ2v) is 24.4. The molecular formula is C50H62Cl2F2N8O11S4. The first-order valence-electron chi connectivity index (χ1n) is 24.3. The van der Waals surface area contributed by atoms with Gasteiger partial charge in [-0.2, -0.15) is 0 Å². The van der Waals surface area contributed by atoms with Crippen LogP contribution in [0.3, 0.4) is 0 Å². The SMILES string of the molecule is C.CCCOCCS(=O)(=O)N1CCC(C2=C(C(=O)OC)C(c3ccc(F)cc3Cl)N=C(c3nccs3)N2)CC1.COC(=O)C1=C(C2CCN(S(=O)(=O)CCOCCO)CC2)NC(c2nccs2)=NC1c1ccc(F)cc1Cl. The molecule has 2 unspecified atom stereocenters. The number of aliphatic hydroxyl groups excluding tert-OH is 1. The van der Waals surface area contributed by atoms with Crippen molar-refractivity contribution in [3.8, 4) is 0 Å². The number of rotatable bonds is 20. The number of amidine groups is 2. The third-order valence-electron chi connectivity index (χ3n) is 12.8. The molecule has 2 aromatic heterocycles. The first kappa shape index (κ1) is 61.4. The van der Waals surface area contributed by atoms with Crippen LogP contribution >= 0.6 is 45.9 Å². The van der Waals surface area contributed by atoms with Crippen molar-refractivity contribution >= 4 is 89.5 Å². The number of aliphatic hydroxyl groups is 1. The van der Waals surface area contributed by atoms with Gasteiger partial charge in [0.2, 0.25) is 20.0 Å². The van der Waals surface area contributed by atoms with Crippen LogP contribution in [0.5, 0.6) is 0 Å². The van der Waals surface area contributed by atoms with Crippen molar-refractivity contribution in [3.63, 3.8) is 0 Å². The third kappa shape index (κ3) is 15.3. The molecule has 4 aliphatic rings. The maximum Gasteiger partial charge on any atom is 0.338 e. The summed E-state index contributed by atoms with van der Waals surface area (Å²) in [6.07, 6.45) is 5.95. The molecule has 0 aliphatic carbocycles. The summed E-state index contributed by atoms with van der Waals surface area (Å²) < 4.78 is 103. The van der Waals surface area contributed by atoms with Gasteiger partial charge in [-0.25, -0.2) is 53.8 Å². The van der Waals surface area contributed by atoms with Crippen LogP contribution in [0.1, 0.15) is 79.7 Å². The van der Waals surface area contributed by atoms with Crippen LogP contribution in [0.2, 0.25) is 10.0 Å². The zero-order chi connectivity index (χ0) is 54.6. The van der Waals surface area contributed by atoms with Gasteiger partial charge in [0.05, 0.1) is 63.3 Å². The second kappa shape index (κ2) is 28.4. The van der Waals surface area contributed by atoms with Crippen LogP contribution in [0.4, 0.5) is 8.78 Å². The minimum atomic E-state index is -3.55. The number of esters is 2. The van der Waals surface area contributed by atoms with E-state index in [4.69, 9.17) is 57.2 Å². The summed E-state index contributed by atoms with van der Waals surface area (Å²) >= 11 is 15.5. The number of halogens is 4. The number of nitrogens with zero attached hydrogens (tertiary/aromatic N) is 6. The monoisotopic (exact) mass is 1190 g/mol. The van der Waals surface area contributed by atoms with Crippen LogP contribution in [0.15, 0.2) is 92.1 Å². The smallest absolute Gasteiger partial charge is 0.338 e. The van der Waals surface area contributed by atoms with Gasteiger partial charge < -0.3 is 34.7 Å². The molecule has 2 saturated heterocycles. The number of methoxy groups -OCH3 is 2. The Hall–Kier alpha value is -4.80. The lowest BCUT2D eigenvalue weighted by Crippen LogP contribution is -2.44. The molecule has 77 heavy (non-hydrogen) atoms. The summed E-state index contributed by atoms with van der Waals surface area (Å²) in [6, 6.07) is 6.13. The first-order chi connectivity index (χ1) is 36.5. The predicted molar refractivity (Wildman–Crippen MR) is 292 cm³/mol. The Morgan fingerprint density at radius 2 is 1.09 bits per heavy atom. The van der Waals surface area contributed by atoms with E-state index in [0.29, 0.717) is 89.6 Å². The van der Waals surface area contributed by atoms with Crippen molar-refractivity contribution in [1.82, 2.24) is 29.2 Å². The molecule has 3 N–H and O–H groups in total. The molecule has 0 radical (unpaired) electrons. The summed E-state index contributed by atoms with van der Waals surface area (Å²) in [5.74, 6) is -1.99. The number of aromatic nitrogens is 2. The molecule has 8 rings (SSSR count). The number of carbonyl (C=O) groups is 2. The second-order valence-electron chi connectivity index (χ2n) is 17.6. The van der Waals surface area contributed by atoms with E-state index in [1.54, 1.807) is 17.8 Å². The van der Waals surface area contributed by atoms with Gasteiger partial charge in [0.15, 0.2) is 21.7 Å². The number of allylic oxidation sites excluding steroid dienone is 2. The predicted octanol–water partition coefficient (Wildman–Crippen LogP) is 7.06. The van der Waals surface area contributed by atoms with Gasteiger partial charge in [-0.1, -0.05) is 49.7 Å². The van der Waals surface area contributed by atoms with Crippen molar-refractivity contribution in [1.29, 1.82) is 0 Å². The highest BCUT2D eigenvalue weighted by molar-refractivity contribution is 7.89. The number of nitrogens with one attached hydrogen (secondary N) is 2. The maximum atomic E-state index is 13.8. The van der Waals surface area contributed by atoms with E-state index in [0.717, 1.165) is 6.42 Å². The quantitative estimate of drug-likeness (QED) is 0.0593. The molecule has 6 heterocycles. The summed E-state index contributed by atoms with van der Waals surface area (Å²) in [6.45, 7) is 3.64. The van der Waals surface area contributed by atoms with Crippen LogP contribution in [-0.4, -0.2) is 149 Å². The molecular weight excluding hydrogens is 1130 g/mol. The molecule has 0 amide bonds. The van der Waals surface area contributed by atoms with Crippen molar-refractivity contribution in [2.45, 2.75) is 58.5 Å². The van der Waals surface area contributed by atoms with Crippen molar-refractivity contribution in [2.24, 2.45) is 21.8 Å². The van der Waals surface area contributed by atoms with Crippen LogP contribution in [0.25, 0.3) is 0 Å². The number of sulfonamides is 2. The summed E-state index contributed by atoms with van der Waals surface area (Å²) in [7, 11) is -4.46. The van der Waals surface area contributed by atoms with Crippen LogP contribution in [-0.2, 0) is 48.6 Å². The minimum absolute atomic E-state index is 0. The van der Waals surface area contributed by atoms with Gasteiger partial charge in [0.1, 0.15) is 23.7 Å². The Morgan fingerprint density at radius 1 is 0.688 bits per heavy atom. The Morgan fingerprint density at radius 3 is 1.43 bits per heavy atom. The minimum Gasteiger partial charge on any atom is -0.466 e. The number of hydrogen-bond donors (Lipinski definition) is 3.